The molecule has 0 spiro atoms. The molecule has 0 amide bonds. The van der Waals surface area contributed by atoms with Crippen LogP contribution < -0.4 is 5.32 Å². The van der Waals surface area contributed by atoms with Crippen LogP contribution in [0.3, 0.4) is 0 Å². The smallest absolute Gasteiger partial charge is 0.0802 e. The maximum Gasteiger partial charge on any atom is 0.0802 e. The van der Waals surface area contributed by atoms with E-state index in [1.165, 1.54) is 50.6 Å². The fourth-order valence-electron chi connectivity index (χ4n) is 4.03. The monoisotopic (exact) mass is 290 g/mol. The number of aromatic nitrogens is 2. The largest absolute Gasteiger partial charge is 0.318 e. The van der Waals surface area contributed by atoms with Crippen molar-refractivity contribution in [1.29, 1.82) is 0 Å². The Labute approximate surface area is 128 Å². The van der Waals surface area contributed by atoms with Crippen molar-refractivity contribution in [1.82, 2.24) is 20.0 Å². The van der Waals surface area contributed by atoms with Gasteiger partial charge in [-0.05, 0) is 45.7 Å². The molecule has 0 atom stereocenters. The van der Waals surface area contributed by atoms with Crippen LogP contribution in [-0.4, -0.2) is 41.9 Å². The van der Waals surface area contributed by atoms with Crippen LogP contribution in [0.1, 0.15) is 61.4 Å². The lowest BCUT2D eigenvalue weighted by Gasteiger charge is -2.24. The molecule has 1 aromatic rings. The molecule has 0 radical (unpaired) electrons. The van der Waals surface area contributed by atoms with E-state index < -0.39 is 0 Å². The Morgan fingerprint density at radius 2 is 2.05 bits per heavy atom. The van der Waals surface area contributed by atoms with Crippen molar-refractivity contribution in [2.75, 3.05) is 27.2 Å². The van der Waals surface area contributed by atoms with Crippen LogP contribution >= 0.6 is 0 Å². The quantitative estimate of drug-likeness (QED) is 0.874. The summed E-state index contributed by atoms with van der Waals surface area (Å²) in [5.41, 5.74) is 4.58. The summed E-state index contributed by atoms with van der Waals surface area (Å²) in [5.74, 6) is 0.785. The lowest BCUT2D eigenvalue weighted by molar-refractivity contribution is 0.319. The first-order valence-corrected chi connectivity index (χ1v) is 8.71. The van der Waals surface area contributed by atoms with Crippen molar-refractivity contribution in [3.63, 3.8) is 0 Å². The zero-order valence-corrected chi connectivity index (χ0v) is 13.7. The van der Waals surface area contributed by atoms with Crippen LogP contribution in [0.5, 0.6) is 0 Å². The lowest BCUT2D eigenvalue weighted by atomic mass is 9.82. The predicted molar refractivity (Wildman–Crippen MR) is 86.6 cm³/mol. The van der Waals surface area contributed by atoms with Gasteiger partial charge >= 0.3 is 0 Å². The van der Waals surface area contributed by atoms with Gasteiger partial charge in [0.05, 0.1) is 5.69 Å². The van der Waals surface area contributed by atoms with Crippen molar-refractivity contribution in [2.45, 2.75) is 64.0 Å². The van der Waals surface area contributed by atoms with Gasteiger partial charge < -0.3 is 5.32 Å². The molecule has 0 aromatic carbocycles. The van der Waals surface area contributed by atoms with Crippen LogP contribution in [0.15, 0.2) is 0 Å². The Bertz CT molecular complexity index is 460. The topological polar surface area (TPSA) is 33.1 Å². The number of aryl methyl sites for hydroxylation is 1. The van der Waals surface area contributed by atoms with Gasteiger partial charge in [0, 0.05) is 37.4 Å². The minimum Gasteiger partial charge on any atom is -0.318 e. The highest BCUT2D eigenvalue weighted by molar-refractivity contribution is 5.32. The van der Waals surface area contributed by atoms with Crippen LogP contribution in [0, 0.1) is 0 Å². The molecule has 1 N–H and O–H groups in total. The van der Waals surface area contributed by atoms with Crippen molar-refractivity contribution in [3.05, 3.63) is 17.0 Å². The van der Waals surface area contributed by atoms with E-state index in [0.717, 1.165) is 32.1 Å². The SMILES string of the molecule is CNCCN(C)Cc1nn2c(c1C1CCCCC1)CCC2. The maximum absolute atomic E-state index is 4.97. The highest BCUT2D eigenvalue weighted by Crippen LogP contribution is 2.38. The van der Waals surface area contributed by atoms with Gasteiger partial charge in [-0.15, -0.1) is 0 Å². The molecular weight excluding hydrogens is 260 g/mol. The van der Waals surface area contributed by atoms with E-state index in [2.05, 4.69) is 21.9 Å². The molecule has 4 heteroatoms. The van der Waals surface area contributed by atoms with Crippen LogP contribution in [0.25, 0.3) is 0 Å². The zero-order valence-electron chi connectivity index (χ0n) is 13.7. The summed E-state index contributed by atoms with van der Waals surface area (Å²) in [6, 6.07) is 0. The van der Waals surface area contributed by atoms with Crippen molar-refractivity contribution in [2.24, 2.45) is 0 Å². The van der Waals surface area contributed by atoms with Gasteiger partial charge in [-0.1, -0.05) is 19.3 Å². The van der Waals surface area contributed by atoms with Gasteiger partial charge in [-0.2, -0.15) is 5.10 Å². The van der Waals surface area contributed by atoms with Gasteiger partial charge in [-0.3, -0.25) is 9.58 Å². The van der Waals surface area contributed by atoms with E-state index in [1.54, 1.807) is 11.3 Å². The summed E-state index contributed by atoms with van der Waals surface area (Å²) >= 11 is 0. The van der Waals surface area contributed by atoms with Gasteiger partial charge in [0.15, 0.2) is 0 Å². The molecule has 1 aliphatic carbocycles. The summed E-state index contributed by atoms with van der Waals surface area (Å²) in [6.45, 7) is 4.27. The molecule has 1 aromatic heterocycles. The number of hydrogen-bond donors (Lipinski definition) is 1. The number of fused-ring (bicyclic) bond motifs is 1. The van der Waals surface area contributed by atoms with E-state index in [4.69, 9.17) is 5.10 Å². The summed E-state index contributed by atoms with van der Waals surface area (Å²) in [5, 5.41) is 8.20. The molecule has 1 aliphatic heterocycles. The van der Waals surface area contributed by atoms with Crippen LogP contribution in [-0.2, 0) is 19.5 Å². The molecule has 2 aliphatic rings. The van der Waals surface area contributed by atoms with E-state index in [1.807, 2.05) is 7.05 Å². The molecule has 3 rings (SSSR count). The Morgan fingerprint density at radius 1 is 1.24 bits per heavy atom. The second-order valence-corrected chi connectivity index (χ2v) is 6.81. The molecule has 2 heterocycles. The summed E-state index contributed by atoms with van der Waals surface area (Å²) in [6.07, 6.45) is 9.54. The molecule has 0 bridgehead atoms. The van der Waals surface area contributed by atoms with Crippen molar-refractivity contribution < 1.29 is 0 Å². The molecule has 21 heavy (non-hydrogen) atoms. The molecule has 118 valence electrons. The van der Waals surface area contributed by atoms with Gasteiger partial charge in [-0.25, -0.2) is 0 Å². The highest BCUT2D eigenvalue weighted by atomic mass is 15.3. The first kappa shape index (κ1) is 15.0. The second kappa shape index (κ2) is 6.93. The van der Waals surface area contributed by atoms with E-state index in [0.29, 0.717) is 0 Å². The third kappa shape index (κ3) is 3.32. The zero-order chi connectivity index (χ0) is 14.7. The normalized spacial score (nSPS) is 19.4. The summed E-state index contributed by atoms with van der Waals surface area (Å²) in [4.78, 5) is 2.40. The number of likely N-dealkylation sites (N-methyl/N-ethyl adjacent to an activating group) is 2. The number of rotatable bonds is 6. The Morgan fingerprint density at radius 3 is 2.81 bits per heavy atom. The predicted octanol–water partition coefficient (Wildman–Crippen LogP) is 2.53. The number of nitrogens with one attached hydrogen (secondary N) is 1. The summed E-state index contributed by atoms with van der Waals surface area (Å²) in [7, 11) is 4.24. The molecule has 1 saturated carbocycles. The fourth-order valence-corrected chi connectivity index (χ4v) is 4.03. The average molecular weight is 290 g/mol. The van der Waals surface area contributed by atoms with Crippen molar-refractivity contribution >= 4 is 0 Å². The third-order valence-corrected chi connectivity index (χ3v) is 5.13. The van der Waals surface area contributed by atoms with Crippen LogP contribution in [0.2, 0.25) is 0 Å². The van der Waals surface area contributed by atoms with Gasteiger partial charge in [0.1, 0.15) is 0 Å². The first-order chi connectivity index (χ1) is 10.3. The fraction of sp³-hybridized carbons (Fsp3) is 0.824. The van der Waals surface area contributed by atoms with Gasteiger partial charge in [0.25, 0.3) is 0 Å². The van der Waals surface area contributed by atoms with E-state index >= 15 is 0 Å². The third-order valence-electron chi connectivity index (χ3n) is 5.13. The minimum atomic E-state index is 0.785. The summed E-state index contributed by atoms with van der Waals surface area (Å²) < 4.78 is 2.31. The van der Waals surface area contributed by atoms with Crippen molar-refractivity contribution in [3.8, 4) is 0 Å². The lowest BCUT2D eigenvalue weighted by Crippen LogP contribution is -2.27. The minimum absolute atomic E-state index is 0.785. The Balaban J connectivity index is 1.79. The molecule has 0 saturated heterocycles. The van der Waals surface area contributed by atoms with Crippen LogP contribution in [0.4, 0.5) is 0 Å². The maximum atomic E-state index is 4.97. The Kier molecular flexibility index (Phi) is 4.96. The molecule has 4 nitrogen and oxygen atoms in total. The molecule has 0 unspecified atom stereocenters. The second-order valence-electron chi connectivity index (χ2n) is 6.81. The molecular formula is C17H30N4. The highest BCUT2D eigenvalue weighted by Gasteiger charge is 2.28. The first-order valence-electron chi connectivity index (χ1n) is 8.71. The average Bonchev–Trinajstić information content (AvgIpc) is 3.06. The van der Waals surface area contributed by atoms with E-state index in [9.17, 15) is 0 Å². The molecule has 1 fully saturated rings. The number of nitrogens with zero attached hydrogens (tertiary/aromatic N) is 3. The van der Waals surface area contributed by atoms with Gasteiger partial charge in [0.2, 0.25) is 0 Å². The standard InChI is InChI=1S/C17H30N4/c1-18-10-12-20(2)13-15-17(14-7-4-3-5-8-14)16-9-6-11-21(16)19-15/h14,18H,3-13H2,1-2H3. The number of hydrogen-bond acceptors (Lipinski definition) is 3. The Hall–Kier alpha value is -0.870. The van der Waals surface area contributed by atoms with E-state index in [-0.39, 0.29) is 0 Å².